The molecule has 0 saturated heterocycles. The van der Waals surface area contributed by atoms with Gasteiger partial charge in [0.15, 0.2) is 0 Å². The van der Waals surface area contributed by atoms with Gasteiger partial charge in [0, 0.05) is 16.8 Å². The molecule has 0 saturated carbocycles. The number of carbonyl (C=O) groups excluding carboxylic acids is 1. The minimum atomic E-state index is -0.149. The number of rotatable bonds is 4. The highest BCUT2D eigenvalue weighted by atomic mass is 32.1. The molecule has 2 heterocycles. The van der Waals surface area contributed by atoms with E-state index in [1.807, 2.05) is 32.2 Å². The lowest BCUT2D eigenvalue weighted by Crippen LogP contribution is -2.23. The van der Waals surface area contributed by atoms with Crippen LogP contribution in [-0.2, 0) is 6.54 Å². The summed E-state index contributed by atoms with van der Waals surface area (Å²) in [5.41, 5.74) is 1.32. The monoisotopic (exact) mass is 261 g/mol. The van der Waals surface area contributed by atoms with Gasteiger partial charge in [0.25, 0.3) is 5.91 Å². The van der Waals surface area contributed by atoms with Gasteiger partial charge in [-0.15, -0.1) is 11.3 Å². The highest BCUT2D eigenvalue weighted by Gasteiger charge is 2.07. The lowest BCUT2D eigenvalue weighted by Gasteiger charge is -2.04. The van der Waals surface area contributed by atoms with E-state index in [0.717, 1.165) is 10.6 Å². The maximum Gasteiger partial charge on any atom is 0.270 e. The summed E-state index contributed by atoms with van der Waals surface area (Å²) < 4.78 is 0. The summed E-state index contributed by atoms with van der Waals surface area (Å²) in [6.45, 7) is 2.60. The van der Waals surface area contributed by atoms with E-state index in [-0.39, 0.29) is 5.91 Å². The van der Waals surface area contributed by atoms with Crippen molar-refractivity contribution < 1.29 is 4.79 Å². The van der Waals surface area contributed by atoms with E-state index in [1.54, 1.807) is 23.6 Å². The number of aromatic nitrogens is 1. The van der Waals surface area contributed by atoms with E-state index < -0.39 is 0 Å². The fraction of sp³-hybridized carbons (Fsp3) is 0.231. The number of nitrogens with zero attached hydrogens (tertiary/aromatic N) is 1. The van der Waals surface area contributed by atoms with Crippen LogP contribution in [0.2, 0.25) is 0 Å². The van der Waals surface area contributed by atoms with Gasteiger partial charge in [-0.05, 0) is 31.2 Å². The van der Waals surface area contributed by atoms with Crippen LogP contribution in [-0.4, -0.2) is 17.9 Å². The molecule has 1 amide bonds. The van der Waals surface area contributed by atoms with Crippen LogP contribution >= 0.6 is 11.3 Å². The van der Waals surface area contributed by atoms with E-state index in [0.29, 0.717) is 12.2 Å². The molecule has 0 aromatic carbocycles. The molecule has 4 nitrogen and oxygen atoms in total. The van der Waals surface area contributed by atoms with Gasteiger partial charge in [0.05, 0.1) is 18.4 Å². The van der Waals surface area contributed by atoms with Crippen molar-refractivity contribution in [3.05, 3.63) is 45.9 Å². The Hall–Kier alpha value is -1.88. The minimum Gasteiger partial charge on any atom is -0.387 e. The number of pyridine rings is 1. The number of carbonyl (C=O) groups is 1. The maximum absolute atomic E-state index is 11.8. The Morgan fingerprint density at radius 2 is 2.17 bits per heavy atom. The van der Waals surface area contributed by atoms with Crippen molar-refractivity contribution >= 4 is 22.9 Å². The summed E-state index contributed by atoms with van der Waals surface area (Å²) >= 11 is 1.69. The number of nitrogens with one attached hydrogen (secondary N) is 2. The zero-order valence-corrected chi connectivity index (χ0v) is 11.2. The number of thiophene rings is 1. The SMILES string of the molecule is CNc1ccc(C(=O)NCc2ccc(C)s2)nc1. The normalized spacial score (nSPS) is 10.1. The molecule has 0 spiro atoms. The average molecular weight is 261 g/mol. The fourth-order valence-corrected chi connectivity index (χ4v) is 2.34. The Morgan fingerprint density at radius 3 is 2.72 bits per heavy atom. The number of hydrogen-bond donors (Lipinski definition) is 2. The molecular weight excluding hydrogens is 246 g/mol. The molecule has 0 fully saturated rings. The third kappa shape index (κ3) is 3.07. The van der Waals surface area contributed by atoms with Crippen molar-refractivity contribution in [2.75, 3.05) is 12.4 Å². The summed E-state index contributed by atoms with van der Waals surface area (Å²) in [4.78, 5) is 18.3. The topological polar surface area (TPSA) is 54.0 Å². The summed E-state index contributed by atoms with van der Waals surface area (Å²) in [5.74, 6) is -0.149. The summed E-state index contributed by atoms with van der Waals surface area (Å²) in [6.07, 6.45) is 1.64. The lowest BCUT2D eigenvalue weighted by molar-refractivity contribution is 0.0946. The summed E-state index contributed by atoms with van der Waals surface area (Å²) in [6, 6.07) is 7.61. The van der Waals surface area contributed by atoms with Gasteiger partial charge in [-0.2, -0.15) is 0 Å². The molecule has 0 atom stereocenters. The van der Waals surface area contributed by atoms with Gasteiger partial charge in [-0.1, -0.05) is 0 Å². The number of hydrogen-bond acceptors (Lipinski definition) is 4. The molecule has 2 aromatic heterocycles. The lowest BCUT2D eigenvalue weighted by atomic mass is 10.3. The van der Waals surface area contributed by atoms with Crippen molar-refractivity contribution in [2.24, 2.45) is 0 Å². The van der Waals surface area contributed by atoms with E-state index >= 15 is 0 Å². The first-order valence-electron chi connectivity index (χ1n) is 5.66. The van der Waals surface area contributed by atoms with Crippen LogP contribution in [0.1, 0.15) is 20.2 Å². The quantitative estimate of drug-likeness (QED) is 0.888. The second-order valence-corrected chi connectivity index (χ2v) is 5.25. The Bertz CT molecular complexity index is 533. The van der Waals surface area contributed by atoms with Crippen LogP contribution in [0, 0.1) is 6.92 Å². The Morgan fingerprint density at radius 1 is 1.33 bits per heavy atom. The predicted molar refractivity (Wildman–Crippen MR) is 74.0 cm³/mol. The van der Waals surface area contributed by atoms with E-state index in [1.165, 1.54) is 4.88 Å². The summed E-state index contributed by atoms with van der Waals surface area (Å²) in [7, 11) is 1.82. The van der Waals surface area contributed by atoms with Crippen LogP contribution in [0.25, 0.3) is 0 Å². The zero-order valence-electron chi connectivity index (χ0n) is 10.4. The first-order valence-corrected chi connectivity index (χ1v) is 6.48. The van der Waals surface area contributed by atoms with Gasteiger partial charge >= 0.3 is 0 Å². The van der Waals surface area contributed by atoms with E-state index in [2.05, 4.69) is 15.6 Å². The first-order chi connectivity index (χ1) is 8.69. The first kappa shape index (κ1) is 12.6. The number of anilines is 1. The largest absolute Gasteiger partial charge is 0.387 e. The second kappa shape index (κ2) is 5.64. The molecule has 0 radical (unpaired) electrons. The molecular formula is C13H15N3OS. The molecule has 0 aliphatic carbocycles. The zero-order chi connectivity index (χ0) is 13.0. The molecule has 0 aliphatic rings. The average Bonchev–Trinajstić information content (AvgIpc) is 2.82. The van der Waals surface area contributed by atoms with Crippen molar-refractivity contribution in [3.63, 3.8) is 0 Å². The number of amides is 1. The minimum absolute atomic E-state index is 0.149. The second-order valence-electron chi connectivity index (χ2n) is 3.88. The van der Waals surface area contributed by atoms with Gasteiger partial charge in [-0.25, -0.2) is 4.98 Å². The molecule has 18 heavy (non-hydrogen) atoms. The van der Waals surface area contributed by atoms with Gasteiger partial charge < -0.3 is 10.6 Å². The fourth-order valence-electron chi connectivity index (χ4n) is 1.51. The Labute approximate surface area is 110 Å². The van der Waals surface area contributed by atoms with E-state index in [4.69, 9.17) is 0 Å². The standard InChI is InChI=1S/C13H15N3OS/c1-9-3-5-11(18-9)8-16-13(17)12-6-4-10(14-2)7-15-12/h3-7,14H,8H2,1-2H3,(H,16,17). The van der Waals surface area contributed by atoms with Gasteiger partial charge in [0.1, 0.15) is 5.69 Å². The third-order valence-electron chi connectivity index (χ3n) is 2.50. The molecule has 0 aliphatic heterocycles. The Kier molecular flexibility index (Phi) is 3.94. The van der Waals surface area contributed by atoms with Crippen LogP contribution in [0.4, 0.5) is 5.69 Å². The van der Waals surface area contributed by atoms with Crippen molar-refractivity contribution in [1.29, 1.82) is 0 Å². The van der Waals surface area contributed by atoms with Gasteiger partial charge in [-0.3, -0.25) is 4.79 Å². The molecule has 0 unspecified atom stereocenters. The maximum atomic E-state index is 11.8. The van der Waals surface area contributed by atoms with Crippen molar-refractivity contribution in [3.8, 4) is 0 Å². The van der Waals surface area contributed by atoms with Crippen LogP contribution in [0.15, 0.2) is 30.5 Å². The van der Waals surface area contributed by atoms with Crippen LogP contribution < -0.4 is 10.6 Å². The van der Waals surface area contributed by atoms with Crippen molar-refractivity contribution in [1.82, 2.24) is 10.3 Å². The smallest absolute Gasteiger partial charge is 0.270 e. The van der Waals surface area contributed by atoms with E-state index in [9.17, 15) is 4.79 Å². The molecule has 2 N–H and O–H groups in total. The highest BCUT2D eigenvalue weighted by Crippen LogP contribution is 2.14. The van der Waals surface area contributed by atoms with Crippen LogP contribution in [0.5, 0.6) is 0 Å². The molecule has 0 bridgehead atoms. The molecule has 2 rings (SSSR count). The predicted octanol–water partition coefficient (Wildman–Crippen LogP) is 2.42. The summed E-state index contributed by atoms with van der Waals surface area (Å²) in [5, 5.41) is 5.82. The molecule has 2 aromatic rings. The highest BCUT2D eigenvalue weighted by molar-refractivity contribution is 7.11. The molecule has 94 valence electrons. The third-order valence-corrected chi connectivity index (χ3v) is 3.50. The van der Waals surface area contributed by atoms with Crippen LogP contribution in [0.3, 0.4) is 0 Å². The molecule has 5 heteroatoms. The Balaban J connectivity index is 1.94. The van der Waals surface area contributed by atoms with Crippen molar-refractivity contribution in [2.45, 2.75) is 13.5 Å². The number of aryl methyl sites for hydroxylation is 1. The van der Waals surface area contributed by atoms with Gasteiger partial charge in [0.2, 0.25) is 0 Å².